The van der Waals surface area contributed by atoms with Gasteiger partial charge in [-0.25, -0.2) is 0 Å². The van der Waals surface area contributed by atoms with Gasteiger partial charge < -0.3 is 9.80 Å². The number of nitrogens with zero attached hydrogens (tertiary/aromatic N) is 10. The fourth-order valence-electron chi connectivity index (χ4n) is 7.85. The van der Waals surface area contributed by atoms with Crippen LogP contribution in [0.3, 0.4) is 0 Å². The lowest BCUT2D eigenvalue weighted by atomic mass is 10.0. The monoisotopic (exact) mass is 1040 g/mol. The van der Waals surface area contributed by atoms with Gasteiger partial charge in [0.2, 0.25) is 0 Å². The van der Waals surface area contributed by atoms with Gasteiger partial charge in [-0.15, -0.1) is 0 Å². The summed E-state index contributed by atoms with van der Waals surface area (Å²) in [6.45, 7) is 0. The Morgan fingerprint density at radius 3 is 1.29 bits per heavy atom. The van der Waals surface area contributed by atoms with Crippen LogP contribution in [-0.4, -0.2) is 99.3 Å². The third-order valence-corrected chi connectivity index (χ3v) is 11.9. The van der Waals surface area contributed by atoms with Crippen LogP contribution in [0.15, 0.2) is 60.7 Å². The summed E-state index contributed by atoms with van der Waals surface area (Å²) in [5.74, 6) is -12.2. The number of carbonyl (C=O) groups excluding carboxylic acids is 2. The Labute approximate surface area is 396 Å². The zero-order valence-electron chi connectivity index (χ0n) is 38.1. The van der Waals surface area contributed by atoms with Crippen LogP contribution in [-0.2, 0) is 52.4 Å². The topological polar surface area (TPSA) is 112 Å². The minimum Gasteiger partial charge on any atom is -0.339 e. The van der Waals surface area contributed by atoms with Gasteiger partial charge in [0.15, 0.2) is 11.4 Å². The number of aryl methyl sites for hydroxylation is 4. The maximum absolute atomic E-state index is 14.0. The molecule has 388 valence electrons. The molecule has 0 atom stereocenters. The van der Waals surface area contributed by atoms with Gasteiger partial charge in [-0.05, 0) is 62.1 Å². The average molecular weight is 1040 g/mol. The normalized spacial score (nSPS) is 14.9. The number of carbonyl (C=O) groups is 2. The third kappa shape index (κ3) is 9.86. The lowest BCUT2D eigenvalue weighted by Gasteiger charge is -2.19. The third-order valence-electron chi connectivity index (χ3n) is 11.9. The van der Waals surface area contributed by atoms with E-state index in [0.717, 1.165) is 61.3 Å². The van der Waals surface area contributed by atoms with Crippen LogP contribution in [0, 0.1) is 0 Å². The first kappa shape index (κ1) is 52.9. The molecule has 0 saturated heterocycles. The summed E-state index contributed by atoms with van der Waals surface area (Å²) in [6.07, 6.45) is -20.2. The van der Waals surface area contributed by atoms with Crippen molar-refractivity contribution in [3.63, 3.8) is 0 Å². The molecule has 2 aliphatic carbocycles. The van der Waals surface area contributed by atoms with E-state index in [9.17, 15) is 79.8 Å². The predicted octanol–water partition coefficient (Wildman–Crippen LogP) is 10.8. The molecular weight excluding hydrogens is 1000 g/mol. The first-order valence-corrected chi connectivity index (χ1v) is 21.1. The second-order valence-electron chi connectivity index (χ2n) is 17.1. The molecule has 2 amide bonds. The number of hydrogen-bond acceptors (Lipinski definition) is 6. The highest BCUT2D eigenvalue weighted by Gasteiger charge is 2.65. The van der Waals surface area contributed by atoms with Gasteiger partial charge in [0.05, 0.1) is 22.8 Å². The van der Waals surface area contributed by atoms with Crippen molar-refractivity contribution in [2.45, 2.75) is 74.3 Å². The fraction of sp³-hybridized carbons (Fsp3) is 0.409. The van der Waals surface area contributed by atoms with Gasteiger partial charge in [-0.3, -0.25) is 28.3 Å². The Kier molecular flexibility index (Phi) is 13.2. The van der Waals surface area contributed by atoms with E-state index in [1.165, 1.54) is 32.3 Å². The molecule has 0 N–H and O–H groups in total. The summed E-state index contributed by atoms with van der Waals surface area (Å²) in [4.78, 5) is 28.5. The number of aromatic nitrogens is 8. The van der Waals surface area contributed by atoms with Crippen LogP contribution in [0.1, 0.15) is 68.9 Å². The maximum atomic E-state index is 14.0. The van der Waals surface area contributed by atoms with Crippen molar-refractivity contribution in [2.75, 3.05) is 14.1 Å². The van der Waals surface area contributed by atoms with Crippen molar-refractivity contribution >= 4 is 11.8 Å². The van der Waals surface area contributed by atoms with E-state index in [-0.39, 0.29) is 35.3 Å². The molecule has 72 heavy (non-hydrogen) atoms. The lowest BCUT2D eigenvalue weighted by molar-refractivity contribution is -0.292. The molecule has 2 aromatic carbocycles. The van der Waals surface area contributed by atoms with Crippen LogP contribution < -0.4 is 0 Å². The molecule has 12 nitrogen and oxygen atoms in total. The van der Waals surface area contributed by atoms with Crippen molar-refractivity contribution in [1.82, 2.24) is 48.9 Å². The number of alkyl halides is 16. The number of rotatable bonds is 10. The van der Waals surface area contributed by atoms with E-state index in [2.05, 4.69) is 20.4 Å². The lowest BCUT2D eigenvalue weighted by Crippen LogP contribution is -2.36. The molecule has 28 heteroatoms. The summed E-state index contributed by atoms with van der Waals surface area (Å²) in [6, 6.07) is 14.8. The molecule has 2 fully saturated rings. The van der Waals surface area contributed by atoms with Crippen LogP contribution in [0.25, 0.3) is 45.3 Å². The molecule has 2 aliphatic rings. The van der Waals surface area contributed by atoms with E-state index in [1.807, 2.05) is 0 Å². The van der Waals surface area contributed by atoms with Gasteiger partial charge in [0.25, 0.3) is 11.8 Å². The number of halogens is 16. The number of benzene rings is 2. The standard InChI is InChI=1S/2C22H19F8N5O/c1-33(13-7-8-13)19(36)12-6-4-5-11(9-12)15-10-14(31-34(15)2)17-16(21(25,26)27)18(32-35(17)3)20(23,24)22(28,29)30;1-33(13-7-8-13)19(36)12-6-4-5-11(9-12)14-10-15(34(2)31-14)17-16(21(25,26)27)18(32-35(17)3)20(23,24)22(28,29)30/h2*4-6,9-10,13H,7-8H2,1-3H3. The second kappa shape index (κ2) is 18.0. The maximum Gasteiger partial charge on any atom is 0.459 e. The largest absolute Gasteiger partial charge is 0.459 e. The van der Waals surface area contributed by atoms with Gasteiger partial charge in [-0.2, -0.15) is 90.6 Å². The van der Waals surface area contributed by atoms with Crippen LogP contribution >= 0.6 is 0 Å². The smallest absolute Gasteiger partial charge is 0.339 e. The SMILES string of the molecule is CN(C(=O)c1cccc(-c2cc(-c3c(C(F)(F)F)c(C(F)(F)C(F)(F)F)nn3C)n(C)n2)c1)C1CC1.CN(C(=O)c1cccc(-c2cc(-c3c(C(F)(F)F)c(C(F)(F)C(F)(F)F)nn3C)nn2C)c1)C1CC1. The molecular formula is C44H38F16N10O2. The van der Waals surface area contributed by atoms with E-state index >= 15 is 0 Å². The molecule has 4 aromatic heterocycles. The quantitative estimate of drug-likeness (QED) is 0.126. The summed E-state index contributed by atoms with van der Waals surface area (Å²) in [7, 11) is 7.54. The zero-order valence-corrected chi connectivity index (χ0v) is 38.1. The van der Waals surface area contributed by atoms with E-state index in [0.29, 0.717) is 31.6 Å². The number of amides is 2. The Hall–Kier alpha value is -6.90. The molecule has 0 unspecified atom stereocenters. The molecule has 0 radical (unpaired) electrons. The Balaban J connectivity index is 0.000000211. The minimum absolute atomic E-state index is 0.0784. The molecule has 0 spiro atoms. The molecule has 8 rings (SSSR count). The van der Waals surface area contributed by atoms with Gasteiger partial charge >= 0.3 is 36.6 Å². The first-order valence-electron chi connectivity index (χ1n) is 21.1. The Morgan fingerprint density at radius 1 is 0.486 bits per heavy atom. The van der Waals surface area contributed by atoms with Gasteiger partial charge in [-0.1, -0.05) is 24.3 Å². The van der Waals surface area contributed by atoms with Crippen LogP contribution in [0.2, 0.25) is 0 Å². The van der Waals surface area contributed by atoms with Crippen LogP contribution in [0.5, 0.6) is 0 Å². The van der Waals surface area contributed by atoms with Crippen molar-refractivity contribution in [1.29, 1.82) is 0 Å². The van der Waals surface area contributed by atoms with Crippen molar-refractivity contribution in [3.8, 4) is 45.3 Å². The zero-order chi connectivity index (χ0) is 53.6. The first-order chi connectivity index (χ1) is 33.1. The Morgan fingerprint density at radius 2 is 0.861 bits per heavy atom. The Bertz CT molecular complexity index is 3040. The van der Waals surface area contributed by atoms with Crippen molar-refractivity contribution in [2.24, 2.45) is 28.2 Å². The summed E-state index contributed by atoms with van der Waals surface area (Å²) in [5, 5.41) is 13.9. The number of hydrogen-bond donors (Lipinski definition) is 0. The highest BCUT2D eigenvalue weighted by molar-refractivity contribution is 5.96. The fourth-order valence-corrected chi connectivity index (χ4v) is 7.85. The van der Waals surface area contributed by atoms with Gasteiger partial charge in [0.1, 0.15) is 22.5 Å². The van der Waals surface area contributed by atoms with E-state index in [4.69, 9.17) is 0 Å². The molecule has 4 heterocycles. The molecule has 2 saturated carbocycles. The average Bonchev–Trinajstić information content (AvgIpc) is 4.17. The minimum atomic E-state index is -6.30. The molecule has 6 aromatic rings. The summed E-state index contributed by atoms with van der Waals surface area (Å²) >= 11 is 0. The van der Waals surface area contributed by atoms with E-state index < -0.39 is 81.8 Å². The van der Waals surface area contributed by atoms with Crippen molar-refractivity contribution < 1.29 is 79.8 Å². The summed E-state index contributed by atoms with van der Waals surface area (Å²) in [5.41, 5.74) is -10.7. The van der Waals surface area contributed by atoms with Crippen molar-refractivity contribution in [3.05, 3.63) is 94.3 Å². The van der Waals surface area contributed by atoms with E-state index in [1.54, 1.807) is 54.2 Å². The second-order valence-corrected chi connectivity index (χ2v) is 17.1. The highest BCUT2D eigenvalue weighted by atomic mass is 19.4. The van der Waals surface area contributed by atoms with Crippen LogP contribution in [0.4, 0.5) is 70.2 Å². The molecule has 0 aliphatic heterocycles. The summed E-state index contributed by atoms with van der Waals surface area (Å²) < 4.78 is 219. The molecule has 0 bridgehead atoms. The predicted molar refractivity (Wildman–Crippen MR) is 222 cm³/mol. The highest BCUT2D eigenvalue weighted by Crippen LogP contribution is 2.52. The van der Waals surface area contributed by atoms with Gasteiger partial charge in [0, 0.05) is 76.6 Å².